The normalized spacial score (nSPS) is 12.2. The van der Waals surface area contributed by atoms with E-state index in [-0.39, 0.29) is 18.5 Å². The Morgan fingerprint density at radius 2 is 1.76 bits per heavy atom. The number of ether oxygens (including phenoxy) is 2. The molecule has 0 aromatic heterocycles. The zero-order chi connectivity index (χ0) is 15.2. The van der Waals surface area contributed by atoms with Crippen LogP contribution in [-0.2, 0) is 0 Å². The summed E-state index contributed by atoms with van der Waals surface area (Å²) >= 11 is 0. The van der Waals surface area contributed by atoms with Gasteiger partial charge in [-0.1, -0.05) is 18.2 Å². The van der Waals surface area contributed by atoms with E-state index >= 15 is 0 Å². The average Bonchev–Trinajstić information content (AvgIpc) is 2.45. The average molecular weight is 290 g/mol. The fourth-order valence-electron chi connectivity index (χ4n) is 1.87. The molecule has 0 aliphatic carbocycles. The second-order valence-electron chi connectivity index (χ2n) is 5.02. The van der Waals surface area contributed by atoms with Gasteiger partial charge in [-0.2, -0.15) is 0 Å². The van der Waals surface area contributed by atoms with Crippen molar-refractivity contribution in [3.05, 3.63) is 59.9 Å². The van der Waals surface area contributed by atoms with Gasteiger partial charge in [0.15, 0.2) is 0 Å². The van der Waals surface area contributed by atoms with Crippen LogP contribution in [0, 0.1) is 5.82 Å². The van der Waals surface area contributed by atoms with Gasteiger partial charge in [0.25, 0.3) is 0 Å². The molecule has 0 bridgehead atoms. The van der Waals surface area contributed by atoms with Gasteiger partial charge >= 0.3 is 0 Å². The van der Waals surface area contributed by atoms with Gasteiger partial charge in [0, 0.05) is 6.07 Å². The number of hydrogen-bond donors (Lipinski definition) is 1. The maximum absolute atomic E-state index is 13.0. The maximum Gasteiger partial charge on any atom is 0.126 e. The van der Waals surface area contributed by atoms with Gasteiger partial charge in [-0.15, -0.1) is 0 Å². The molecule has 21 heavy (non-hydrogen) atoms. The van der Waals surface area contributed by atoms with Crippen molar-refractivity contribution in [2.75, 3.05) is 6.61 Å². The number of benzene rings is 2. The van der Waals surface area contributed by atoms with E-state index in [2.05, 4.69) is 0 Å². The van der Waals surface area contributed by atoms with E-state index in [4.69, 9.17) is 9.47 Å². The highest BCUT2D eigenvalue weighted by Gasteiger charge is 2.09. The van der Waals surface area contributed by atoms with Crippen molar-refractivity contribution in [3.8, 4) is 11.5 Å². The van der Waals surface area contributed by atoms with Crippen LogP contribution in [0.5, 0.6) is 11.5 Å². The van der Waals surface area contributed by atoms with Crippen molar-refractivity contribution in [1.29, 1.82) is 0 Å². The SMILES string of the molecule is CC(C)Oc1ccc(C(O)COc2cccc(F)c2)cc1. The van der Waals surface area contributed by atoms with Gasteiger partial charge in [-0.3, -0.25) is 0 Å². The van der Waals surface area contributed by atoms with Crippen LogP contribution in [0.2, 0.25) is 0 Å². The molecule has 1 unspecified atom stereocenters. The smallest absolute Gasteiger partial charge is 0.126 e. The molecule has 0 aliphatic heterocycles. The lowest BCUT2D eigenvalue weighted by Gasteiger charge is -2.14. The van der Waals surface area contributed by atoms with E-state index < -0.39 is 6.10 Å². The zero-order valence-electron chi connectivity index (χ0n) is 12.1. The van der Waals surface area contributed by atoms with E-state index in [9.17, 15) is 9.50 Å². The van der Waals surface area contributed by atoms with E-state index in [0.29, 0.717) is 5.75 Å². The first-order valence-corrected chi connectivity index (χ1v) is 6.87. The summed E-state index contributed by atoms with van der Waals surface area (Å²) < 4.78 is 23.9. The highest BCUT2D eigenvalue weighted by atomic mass is 19.1. The Morgan fingerprint density at radius 3 is 2.38 bits per heavy atom. The highest BCUT2D eigenvalue weighted by Crippen LogP contribution is 2.20. The number of halogens is 1. The lowest BCUT2D eigenvalue weighted by molar-refractivity contribution is 0.108. The van der Waals surface area contributed by atoms with Gasteiger partial charge < -0.3 is 14.6 Å². The molecule has 1 N–H and O–H groups in total. The number of hydrogen-bond acceptors (Lipinski definition) is 3. The summed E-state index contributed by atoms with van der Waals surface area (Å²) in [6, 6.07) is 13.0. The molecule has 1 atom stereocenters. The molecular weight excluding hydrogens is 271 g/mol. The predicted molar refractivity (Wildman–Crippen MR) is 79.1 cm³/mol. The van der Waals surface area contributed by atoms with Crippen molar-refractivity contribution in [2.45, 2.75) is 26.1 Å². The largest absolute Gasteiger partial charge is 0.491 e. The quantitative estimate of drug-likeness (QED) is 0.881. The van der Waals surface area contributed by atoms with Gasteiger partial charge in [0.2, 0.25) is 0 Å². The van der Waals surface area contributed by atoms with Crippen LogP contribution in [0.3, 0.4) is 0 Å². The number of rotatable bonds is 6. The van der Waals surface area contributed by atoms with Crippen LogP contribution < -0.4 is 9.47 Å². The monoisotopic (exact) mass is 290 g/mol. The van der Waals surface area contributed by atoms with Crippen LogP contribution in [0.1, 0.15) is 25.5 Å². The Morgan fingerprint density at radius 1 is 1.05 bits per heavy atom. The maximum atomic E-state index is 13.0. The Bertz CT molecular complexity index is 567. The van der Waals surface area contributed by atoms with Crippen LogP contribution in [0.4, 0.5) is 4.39 Å². The van der Waals surface area contributed by atoms with E-state index in [1.54, 1.807) is 36.4 Å². The first kappa shape index (κ1) is 15.3. The molecule has 0 saturated heterocycles. The summed E-state index contributed by atoms with van der Waals surface area (Å²) in [6.45, 7) is 3.97. The lowest BCUT2D eigenvalue weighted by atomic mass is 10.1. The standard InChI is InChI=1S/C17H19FO3/c1-12(2)21-15-8-6-13(7-9-15)17(19)11-20-16-5-3-4-14(18)10-16/h3-10,12,17,19H,11H2,1-2H3. The number of aliphatic hydroxyl groups excluding tert-OH is 1. The topological polar surface area (TPSA) is 38.7 Å². The Labute approximate surface area is 124 Å². The van der Waals surface area contributed by atoms with Crippen molar-refractivity contribution in [1.82, 2.24) is 0 Å². The Kier molecular flexibility index (Phi) is 5.17. The molecule has 2 aromatic carbocycles. The van der Waals surface area contributed by atoms with Crippen LogP contribution in [0.25, 0.3) is 0 Å². The minimum Gasteiger partial charge on any atom is -0.491 e. The molecule has 0 radical (unpaired) electrons. The van der Waals surface area contributed by atoms with Crippen molar-refractivity contribution < 1.29 is 19.0 Å². The first-order chi connectivity index (χ1) is 10.0. The molecule has 4 heteroatoms. The third-order valence-corrected chi connectivity index (χ3v) is 2.84. The fourth-order valence-corrected chi connectivity index (χ4v) is 1.87. The van der Waals surface area contributed by atoms with E-state index in [1.165, 1.54) is 12.1 Å². The van der Waals surface area contributed by atoms with Crippen molar-refractivity contribution >= 4 is 0 Å². The van der Waals surface area contributed by atoms with Crippen LogP contribution in [-0.4, -0.2) is 17.8 Å². The molecule has 0 heterocycles. The third-order valence-electron chi connectivity index (χ3n) is 2.84. The van der Waals surface area contributed by atoms with Gasteiger partial charge in [0.1, 0.15) is 30.0 Å². The minimum absolute atomic E-state index is 0.0633. The summed E-state index contributed by atoms with van der Waals surface area (Å²) in [6.07, 6.45) is -0.668. The Balaban J connectivity index is 1.92. The molecule has 0 amide bonds. The zero-order valence-corrected chi connectivity index (χ0v) is 12.1. The lowest BCUT2D eigenvalue weighted by Crippen LogP contribution is -2.10. The number of aliphatic hydroxyl groups is 1. The second-order valence-corrected chi connectivity index (χ2v) is 5.02. The fraction of sp³-hybridized carbons (Fsp3) is 0.294. The second kappa shape index (κ2) is 7.09. The minimum atomic E-state index is -0.777. The molecule has 0 fully saturated rings. The summed E-state index contributed by atoms with van der Waals surface area (Å²) in [4.78, 5) is 0. The Hall–Kier alpha value is -2.07. The summed E-state index contributed by atoms with van der Waals surface area (Å²) in [7, 11) is 0. The molecular formula is C17H19FO3. The molecule has 0 spiro atoms. The van der Waals surface area contributed by atoms with Crippen LogP contribution in [0.15, 0.2) is 48.5 Å². The van der Waals surface area contributed by atoms with Gasteiger partial charge in [-0.05, 0) is 43.7 Å². The van der Waals surface area contributed by atoms with Crippen molar-refractivity contribution in [3.63, 3.8) is 0 Å². The van der Waals surface area contributed by atoms with Crippen molar-refractivity contribution in [2.24, 2.45) is 0 Å². The molecule has 112 valence electrons. The highest BCUT2D eigenvalue weighted by molar-refractivity contribution is 5.29. The van der Waals surface area contributed by atoms with E-state index in [1.807, 2.05) is 13.8 Å². The molecule has 0 aliphatic rings. The van der Waals surface area contributed by atoms with Gasteiger partial charge in [0.05, 0.1) is 6.10 Å². The summed E-state index contributed by atoms with van der Waals surface area (Å²) in [5, 5.41) is 10.1. The third kappa shape index (κ3) is 4.76. The van der Waals surface area contributed by atoms with Crippen LogP contribution >= 0.6 is 0 Å². The van der Waals surface area contributed by atoms with E-state index in [0.717, 1.165) is 11.3 Å². The molecule has 3 nitrogen and oxygen atoms in total. The molecule has 2 aromatic rings. The summed E-state index contributed by atoms with van der Waals surface area (Å²) in [5.74, 6) is 0.790. The first-order valence-electron chi connectivity index (χ1n) is 6.87. The summed E-state index contributed by atoms with van der Waals surface area (Å²) in [5.41, 5.74) is 0.725. The van der Waals surface area contributed by atoms with Gasteiger partial charge in [-0.25, -0.2) is 4.39 Å². The predicted octanol–water partition coefficient (Wildman–Crippen LogP) is 3.73. The molecule has 0 saturated carbocycles. The molecule has 2 rings (SSSR count).